The van der Waals surface area contributed by atoms with Gasteiger partial charge in [0.05, 0.1) is 7.11 Å². The third-order valence-electron chi connectivity index (χ3n) is 3.91. The smallest absolute Gasteiger partial charge is 0.410 e. The molecule has 0 unspecified atom stereocenters. The van der Waals surface area contributed by atoms with E-state index in [-0.39, 0.29) is 19.6 Å². The molecule has 6 nitrogen and oxygen atoms in total. The second-order valence-corrected chi connectivity index (χ2v) is 7.16. The predicted octanol–water partition coefficient (Wildman–Crippen LogP) is 3.07. The van der Waals surface area contributed by atoms with Gasteiger partial charge in [0.25, 0.3) is 0 Å². The van der Waals surface area contributed by atoms with Gasteiger partial charge in [0.1, 0.15) is 11.6 Å². The molecule has 0 aromatic carbocycles. The van der Waals surface area contributed by atoms with E-state index in [0.29, 0.717) is 11.4 Å². The van der Waals surface area contributed by atoms with Crippen LogP contribution in [-0.4, -0.2) is 65.4 Å². The first-order chi connectivity index (χ1) is 12.0. The van der Waals surface area contributed by atoms with Crippen molar-refractivity contribution in [3.8, 4) is 5.88 Å². The summed E-state index contributed by atoms with van der Waals surface area (Å²) >= 11 is 0. The minimum atomic E-state index is -4.46. The fourth-order valence-electron chi connectivity index (χ4n) is 2.67. The fraction of sp³-hybridized carbons (Fsp3) is 0.647. The van der Waals surface area contributed by atoms with Crippen molar-refractivity contribution in [3.63, 3.8) is 0 Å². The van der Waals surface area contributed by atoms with Crippen molar-refractivity contribution in [2.45, 2.75) is 45.1 Å². The van der Waals surface area contributed by atoms with Gasteiger partial charge in [0, 0.05) is 38.4 Å². The first kappa shape index (κ1) is 20.3. The zero-order valence-corrected chi connectivity index (χ0v) is 15.3. The number of carbonyl (C=O) groups is 1. The molecule has 9 heteroatoms. The average Bonchev–Trinajstić information content (AvgIpc) is 2.53. The Hall–Kier alpha value is -2.03. The van der Waals surface area contributed by atoms with E-state index in [2.05, 4.69) is 4.98 Å². The zero-order valence-electron chi connectivity index (χ0n) is 15.3. The molecule has 1 fully saturated rings. The van der Waals surface area contributed by atoms with Gasteiger partial charge in [-0.05, 0) is 26.3 Å². The van der Waals surface area contributed by atoms with Crippen molar-refractivity contribution in [1.29, 1.82) is 0 Å². The molecule has 2 heterocycles. The molecule has 0 aliphatic carbocycles. The summed E-state index contributed by atoms with van der Waals surface area (Å²) in [5, 5.41) is 0. The number of ether oxygens (including phenoxy) is 2. The number of halogens is 3. The van der Waals surface area contributed by atoms with Crippen LogP contribution in [0, 0.1) is 0 Å². The van der Waals surface area contributed by atoms with E-state index >= 15 is 0 Å². The molecular weight excluding hydrogens is 351 g/mol. The van der Waals surface area contributed by atoms with E-state index in [0.717, 1.165) is 4.90 Å². The van der Waals surface area contributed by atoms with E-state index in [4.69, 9.17) is 9.47 Å². The molecule has 0 spiro atoms. The second-order valence-electron chi connectivity index (χ2n) is 7.16. The Kier molecular flexibility index (Phi) is 6.00. The van der Waals surface area contributed by atoms with Gasteiger partial charge in [-0.15, -0.1) is 0 Å². The summed E-state index contributed by atoms with van der Waals surface area (Å²) in [6, 6.07) is 1.53. The molecular formula is C17H24F3N3O3. The van der Waals surface area contributed by atoms with Gasteiger partial charge >= 0.3 is 12.3 Å². The molecule has 1 saturated heterocycles. The van der Waals surface area contributed by atoms with Crippen molar-refractivity contribution in [2.24, 2.45) is 0 Å². The number of aromatic nitrogens is 1. The van der Waals surface area contributed by atoms with Crippen molar-refractivity contribution < 1.29 is 27.4 Å². The molecule has 0 radical (unpaired) electrons. The zero-order chi connectivity index (χ0) is 19.5. The molecule has 1 aliphatic rings. The van der Waals surface area contributed by atoms with Crippen molar-refractivity contribution in [3.05, 3.63) is 23.9 Å². The summed E-state index contributed by atoms with van der Waals surface area (Å²) < 4.78 is 50.7. The monoisotopic (exact) mass is 375 g/mol. The number of hydrogen-bond acceptors (Lipinski definition) is 5. The maximum absolute atomic E-state index is 13.5. The molecule has 146 valence electrons. The lowest BCUT2D eigenvalue weighted by Gasteiger charge is -2.42. The Morgan fingerprint density at radius 2 is 1.96 bits per heavy atom. The van der Waals surface area contributed by atoms with Crippen LogP contribution < -0.4 is 4.74 Å². The molecule has 1 atom stereocenters. The minimum absolute atomic E-state index is 0.0866. The highest BCUT2D eigenvalue weighted by atomic mass is 19.4. The van der Waals surface area contributed by atoms with Crippen LogP contribution in [0.5, 0.6) is 5.88 Å². The van der Waals surface area contributed by atoms with E-state index in [1.807, 2.05) is 0 Å². The number of amides is 1. The molecule has 2 rings (SSSR count). The number of carbonyl (C=O) groups excluding carboxylic acids is 1. The van der Waals surface area contributed by atoms with Gasteiger partial charge in [-0.25, -0.2) is 9.78 Å². The number of alkyl halides is 3. The molecule has 1 amide bonds. The maximum atomic E-state index is 13.5. The highest BCUT2D eigenvalue weighted by Crippen LogP contribution is 2.29. The minimum Gasteiger partial charge on any atom is -0.481 e. The van der Waals surface area contributed by atoms with Gasteiger partial charge in [0.15, 0.2) is 0 Å². The lowest BCUT2D eigenvalue weighted by Crippen LogP contribution is -2.60. The number of hydrogen-bond donors (Lipinski definition) is 0. The Bertz CT molecular complexity index is 614. The van der Waals surface area contributed by atoms with Gasteiger partial charge in [0.2, 0.25) is 5.88 Å². The van der Waals surface area contributed by atoms with Crippen LogP contribution in [0.15, 0.2) is 18.3 Å². The maximum Gasteiger partial charge on any atom is 0.410 e. The van der Waals surface area contributed by atoms with E-state index < -0.39 is 30.5 Å². The predicted molar refractivity (Wildman–Crippen MR) is 88.8 cm³/mol. The largest absolute Gasteiger partial charge is 0.481 e. The van der Waals surface area contributed by atoms with Crippen LogP contribution in [0.2, 0.25) is 0 Å². The molecule has 0 bridgehead atoms. The van der Waals surface area contributed by atoms with Crippen LogP contribution in [0.4, 0.5) is 18.0 Å². The first-order valence-electron chi connectivity index (χ1n) is 8.27. The summed E-state index contributed by atoms with van der Waals surface area (Å²) in [6.45, 7) is 4.93. The van der Waals surface area contributed by atoms with E-state index in [1.165, 1.54) is 18.2 Å². The quantitative estimate of drug-likeness (QED) is 0.813. The lowest BCUT2D eigenvalue weighted by atomic mass is 10.1. The average molecular weight is 375 g/mol. The summed E-state index contributed by atoms with van der Waals surface area (Å²) in [7, 11) is 1.47. The second kappa shape index (κ2) is 7.69. The molecule has 0 N–H and O–H groups in total. The molecule has 26 heavy (non-hydrogen) atoms. The first-order valence-corrected chi connectivity index (χ1v) is 8.27. The number of nitrogens with zero attached hydrogens (tertiary/aromatic N) is 3. The molecule has 1 aliphatic heterocycles. The molecule has 1 aromatic heterocycles. The third-order valence-corrected chi connectivity index (χ3v) is 3.91. The topological polar surface area (TPSA) is 54.9 Å². The van der Waals surface area contributed by atoms with E-state index in [9.17, 15) is 18.0 Å². The molecule has 1 aromatic rings. The van der Waals surface area contributed by atoms with Gasteiger partial charge in [-0.1, -0.05) is 6.07 Å². The summed E-state index contributed by atoms with van der Waals surface area (Å²) in [4.78, 5) is 18.6. The number of pyridine rings is 1. The fourth-order valence-corrected chi connectivity index (χ4v) is 2.67. The van der Waals surface area contributed by atoms with E-state index in [1.54, 1.807) is 32.9 Å². The Morgan fingerprint density at radius 3 is 2.46 bits per heavy atom. The Labute approximate surface area is 150 Å². The van der Waals surface area contributed by atoms with Crippen molar-refractivity contribution in [2.75, 3.05) is 26.7 Å². The SMILES string of the molecule is COc1ccc(CN2CCN(C(=O)OC(C)(C)C)C[C@H]2C(F)(F)F)cn1. The lowest BCUT2D eigenvalue weighted by molar-refractivity contribution is -0.197. The highest BCUT2D eigenvalue weighted by molar-refractivity contribution is 5.68. The van der Waals surface area contributed by atoms with Crippen LogP contribution in [0.25, 0.3) is 0 Å². The summed E-state index contributed by atoms with van der Waals surface area (Å²) in [6.07, 6.45) is -3.69. The number of piperazine rings is 1. The van der Waals surface area contributed by atoms with Crippen molar-refractivity contribution in [1.82, 2.24) is 14.8 Å². The Balaban J connectivity index is 2.09. The number of methoxy groups -OCH3 is 1. The summed E-state index contributed by atoms with van der Waals surface area (Å²) in [5.74, 6) is 0.399. The van der Waals surface area contributed by atoms with Gasteiger partial charge < -0.3 is 14.4 Å². The molecule has 0 saturated carbocycles. The number of rotatable bonds is 3. The van der Waals surface area contributed by atoms with Crippen LogP contribution in [0.1, 0.15) is 26.3 Å². The summed E-state index contributed by atoms with van der Waals surface area (Å²) in [5.41, 5.74) is -0.109. The third kappa shape index (κ3) is 5.48. The Morgan fingerprint density at radius 1 is 1.27 bits per heavy atom. The van der Waals surface area contributed by atoms with Gasteiger partial charge in [-0.3, -0.25) is 4.90 Å². The van der Waals surface area contributed by atoms with Crippen LogP contribution >= 0.6 is 0 Å². The van der Waals surface area contributed by atoms with Crippen molar-refractivity contribution >= 4 is 6.09 Å². The standard InChI is InChI=1S/C17H24F3N3O3/c1-16(2,3)26-15(24)23-8-7-22(13(11-23)17(18,19)20)10-12-5-6-14(25-4)21-9-12/h5-6,9,13H,7-8,10-11H2,1-4H3/t13-/m0/s1. The van der Waals surface area contributed by atoms with Crippen LogP contribution in [-0.2, 0) is 11.3 Å². The highest BCUT2D eigenvalue weighted by Gasteiger charge is 2.47. The normalized spacial score (nSPS) is 19.3. The van der Waals surface area contributed by atoms with Gasteiger partial charge in [-0.2, -0.15) is 13.2 Å². The van der Waals surface area contributed by atoms with Crippen LogP contribution in [0.3, 0.4) is 0 Å².